The van der Waals surface area contributed by atoms with Crippen LogP contribution in [0.15, 0.2) is 58.1 Å². The Morgan fingerprint density at radius 1 is 1.08 bits per heavy atom. The molecule has 3 aromatic rings. The lowest BCUT2D eigenvalue weighted by Crippen LogP contribution is -2.22. The molecule has 0 bridgehead atoms. The number of carbonyl (C=O) groups is 2. The zero-order valence-corrected chi connectivity index (χ0v) is 13.6. The molecular formula is C18H14FN3O4. The van der Waals surface area contributed by atoms with Gasteiger partial charge in [-0.2, -0.15) is 0 Å². The van der Waals surface area contributed by atoms with E-state index < -0.39 is 23.2 Å². The number of pyridine rings is 1. The number of H-pyrrole nitrogens is 1. The van der Waals surface area contributed by atoms with Crippen molar-refractivity contribution in [3.05, 3.63) is 81.9 Å². The smallest absolute Gasteiger partial charge is 0.261 e. The molecule has 26 heavy (non-hydrogen) atoms. The van der Waals surface area contributed by atoms with E-state index in [9.17, 15) is 18.8 Å². The van der Waals surface area contributed by atoms with E-state index in [2.05, 4.69) is 15.6 Å². The van der Waals surface area contributed by atoms with Gasteiger partial charge in [-0.25, -0.2) is 4.39 Å². The molecule has 3 N–H and O–H groups in total. The number of furan rings is 1. The van der Waals surface area contributed by atoms with Gasteiger partial charge in [-0.1, -0.05) is 0 Å². The topological polar surface area (TPSA) is 104 Å². The van der Waals surface area contributed by atoms with E-state index in [4.69, 9.17) is 4.42 Å². The molecule has 2 heterocycles. The number of halogens is 1. The van der Waals surface area contributed by atoms with Gasteiger partial charge >= 0.3 is 0 Å². The van der Waals surface area contributed by atoms with Gasteiger partial charge in [0.2, 0.25) is 0 Å². The van der Waals surface area contributed by atoms with Crippen molar-refractivity contribution in [2.75, 3.05) is 10.6 Å². The number of aromatic nitrogens is 1. The third-order valence-electron chi connectivity index (χ3n) is 3.64. The first kappa shape index (κ1) is 17.2. The number of benzene rings is 1. The molecule has 0 spiro atoms. The van der Waals surface area contributed by atoms with Gasteiger partial charge in [0.15, 0.2) is 0 Å². The monoisotopic (exact) mass is 355 g/mol. The lowest BCUT2D eigenvalue weighted by Gasteiger charge is -2.09. The second-order valence-electron chi connectivity index (χ2n) is 5.41. The van der Waals surface area contributed by atoms with Crippen LogP contribution in [0.1, 0.15) is 26.5 Å². The molecule has 0 saturated heterocycles. The van der Waals surface area contributed by atoms with E-state index in [1.807, 2.05) is 0 Å². The summed E-state index contributed by atoms with van der Waals surface area (Å²) in [6.45, 7) is 1.61. The Balaban J connectivity index is 1.81. The highest BCUT2D eigenvalue weighted by atomic mass is 19.1. The molecule has 0 saturated carbocycles. The van der Waals surface area contributed by atoms with Crippen LogP contribution >= 0.6 is 0 Å². The molecule has 7 nitrogen and oxygen atoms in total. The average molecular weight is 355 g/mol. The van der Waals surface area contributed by atoms with Gasteiger partial charge in [-0.05, 0) is 43.3 Å². The minimum atomic E-state index is -0.671. The van der Waals surface area contributed by atoms with Crippen LogP contribution in [-0.4, -0.2) is 16.8 Å². The summed E-state index contributed by atoms with van der Waals surface area (Å²) in [6, 6.07) is 8.03. The number of nitrogens with one attached hydrogen (secondary N) is 3. The van der Waals surface area contributed by atoms with E-state index in [1.54, 1.807) is 6.92 Å². The van der Waals surface area contributed by atoms with Crippen LogP contribution in [0.3, 0.4) is 0 Å². The lowest BCUT2D eigenvalue weighted by atomic mass is 10.2. The maximum Gasteiger partial charge on any atom is 0.261 e. The van der Waals surface area contributed by atoms with E-state index in [1.165, 1.54) is 42.8 Å². The fraction of sp³-hybridized carbons (Fsp3) is 0.0556. The average Bonchev–Trinajstić information content (AvgIpc) is 3.04. The molecular weight excluding hydrogens is 341 g/mol. The lowest BCUT2D eigenvalue weighted by molar-refractivity contribution is 0.101. The zero-order chi connectivity index (χ0) is 18.7. The number of carbonyl (C=O) groups excluding carboxylic acids is 2. The van der Waals surface area contributed by atoms with E-state index in [0.717, 1.165) is 6.07 Å². The number of aromatic amines is 1. The van der Waals surface area contributed by atoms with Gasteiger partial charge < -0.3 is 20.0 Å². The zero-order valence-electron chi connectivity index (χ0n) is 13.6. The Labute approximate surface area is 146 Å². The largest absolute Gasteiger partial charge is 0.469 e. The number of hydrogen-bond donors (Lipinski definition) is 3. The fourth-order valence-electron chi connectivity index (χ4n) is 2.31. The van der Waals surface area contributed by atoms with Crippen molar-refractivity contribution in [3.63, 3.8) is 0 Å². The summed E-state index contributed by atoms with van der Waals surface area (Å²) in [7, 11) is 0. The van der Waals surface area contributed by atoms with Crippen molar-refractivity contribution in [1.29, 1.82) is 0 Å². The molecule has 0 unspecified atom stereocenters. The predicted octanol–water partition coefficient (Wildman–Crippen LogP) is 2.92. The van der Waals surface area contributed by atoms with Crippen molar-refractivity contribution in [2.24, 2.45) is 0 Å². The van der Waals surface area contributed by atoms with Gasteiger partial charge in [0, 0.05) is 11.9 Å². The van der Waals surface area contributed by atoms with Crippen LogP contribution in [0.5, 0.6) is 0 Å². The summed E-state index contributed by atoms with van der Waals surface area (Å²) >= 11 is 0. The van der Waals surface area contributed by atoms with Crippen molar-refractivity contribution < 1.29 is 18.4 Å². The van der Waals surface area contributed by atoms with Gasteiger partial charge in [0.25, 0.3) is 17.4 Å². The summed E-state index contributed by atoms with van der Waals surface area (Å²) in [5.74, 6) is -1.47. The van der Waals surface area contributed by atoms with E-state index in [-0.39, 0.29) is 22.5 Å². The molecule has 8 heteroatoms. The summed E-state index contributed by atoms with van der Waals surface area (Å²) in [4.78, 5) is 38.4. The van der Waals surface area contributed by atoms with Crippen LogP contribution in [-0.2, 0) is 0 Å². The van der Waals surface area contributed by atoms with E-state index >= 15 is 0 Å². The molecule has 0 fully saturated rings. The minimum absolute atomic E-state index is 0.0866. The standard InChI is InChI=1S/C18H14FN3O4/c1-10-12(6-8-26-10)17(24)22-15-9-11(4-5-14(15)19)21-18(25)13-3-2-7-20-16(13)23/h2-9H,1H3,(H,20,23)(H,21,25)(H,22,24). The number of hydrogen-bond acceptors (Lipinski definition) is 4. The fourth-order valence-corrected chi connectivity index (χ4v) is 2.31. The molecule has 0 atom stereocenters. The molecule has 0 aliphatic carbocycles. The molecule has 1 aromatic carbocycles. The van der Waals surface area contributed by atoms with Gasteiger partial charge in [-0.15, -0.1) is 0 Å². The second kappa shape index (κ2) is 7.06. The van der Waals surface area contributed by atoms with Gasteiger partial charge in [0.1, 0.15) is 17.1 Å². The van der Waals surface area contributed by atoms with Gasteiger partial charge in [0.05, 0.1) is 17.5 Å². The predicted molar refractivity (Wildman–Crippen MR) is 92.8 cm³/mol. The van der Waals surface area contributed by atoms with Crippen LogP contribution < -0.4 is 16.2 Å². The Bertz CT molecular complexity index is 1040. The Morgan fingerprint density at radius 3 is 2.54 bits per heavy atom. The SMILES string of the molecule is Cc1occc1C(=O)Nc1cc(NC(=O)c2ccc[nH]c2=O)ccc1F. The van der Waals surface area contributed by atoms with Crippen LogP contribution in [0.25, 0.3) is 0 Å². The minimum Gasteiger partial charge on any atom is -0.469 e. The van der Waals surface area contributed by atoms with Crippen molar-refractivity contribution in [2.45, 2.75) is 6.92 Å². The molecule has 0 radical (unpaired) electrons. The first-order valence-corrected chi connectivity index (χ1v) is 7.60. The first-order chi connectivity index (χ1) is 12.5. The highest BCUT2D eigenvalue weighted by molar-refractivity contribution is 6.06. The maximum absolute atomic E-state index is 14.0. The number of aryl methyl sites for hydroxylation is 1. The Kier molecular flexibility index (Phi) is 4.66. The summed E-state index contributed by atoms with van der Waals surface area (Å²) in [6.07, 6.45) is 2.76. The second-order valence-corrected chi connectivity index (χ2v) is 5.41. The van der Waals surface area contributed by atoms with Crippen LogP contribution in [0, 0.1) is 12.7 Å². The third kappa shape index (κ3) is 3.54. The number of amides is 2. The Hall–Kier alpha value is -3.68. The van der Waals surface area contributed by atoms with E-state index in [0.29, 0.717) is 5.76 Å². The Morgan fingerprint density at radius 2 is 1.85 bits per heavy atom. The highest BCUT2D eigenvalue weighted by Gasteiger charge is 2.15. The quantitative estimate of drug-likeness (QED) is 0.669. The molecule has 0 aliphatic rings. The summed E-state index contributed by atoms with van der Waals surface area (Å²) in [5, 5.41) is 4.92. The van der Waals surface area contributed by atoms with Crippen LogP contribution in [0.4, 0.5) is 15.8 Å². The van der Waals surface area contributed by atoms with Gasteiger partial charge in [-0.3, -0.25) is 14.4 Å². The first-order valence-electron chi connectivity index (χ1n) is 7.60. The summed E-state index contributed by atoms with van der Waals surface area (Å²) < 4.78 is 19.0. The van der Waals surface area contributed by atoms with Crippen LogP contribution in [0.2, 0.25) is 0 Å². The van der Waals surface area contributed by atoms with Crippen molar-refractivity contribution in [1.82, 2.24) is 4.98 Å². The number of rotatable bonds is 4. The highest BCUT2D eigenvalue weighted by Crippen LogP contribution is 2.21. The molecule has 132 valence electrons. The van der Waals surface area contributed by atoms with Crippen molar-refractivity contribution >= 4 is 23.2 Å². The normalized spacial score (nSPS) is 10.4. The molecule has 0 aliphatic heterocycles. The third-order valence-corrected chi connectivity index (χ3v) is 3.64. The molecule has 3 rings (SSSR count). The summed E-state index contributed by atoms with van der Waals surface area (Å²) in [5.41, 5.74) is -0.253. The maximum atomic E-state index is 14.0. The number of anilines is 2. The molecule has 2 amide bonds. The van der Waals surface area contributed by atoms with Crippen molar-refractivity contribution in [3.8, 4) is 0 Å². The molecule has 2 aromatic heterocycles.